The smallest absolute Gasteiger partial charge is 0.263 e. The average Bonchev–Trinajstić information content (AvgIpc) is 2.42. The van der Waals surface area contributed by atoms with Crippen LogP contribution in [0.5, 0.6) is 0 Å². The van der Waals surface area contributed by atoms with E-state index in [1.54, 1.807) is 19.1 Å². The van der Waals surface area contributed by atoms with Crippen LogP contribution in [0.25, 0.3) is 0 Å². The van der Waals surface area contributed by atoms with Gasteiger partial charge in [-0.05, 0) is 53.2 Å². The highest BCUT2D eigenvalue weighted by Crippen LogP contribution is 2.24. The molecule has 0 saturated carbocycles. The number of rotatable bonds is 3. The van der Waals surface area contributed by atoms with Gasteiger partial charge in [-0.25, -0.2) is 13.4 Å². The van der Waals surface area contributed by atoms with Crippen molar-refractivity contribution < 1.29 is 8.42 Å². The molecule has 8 heteroatoms. The topological polar surface area (TPSA) is 82.8 Å². The lowest BCUT2D eigenvalue weighted by atomic mass is 10.2. The summed E-state index contributed by atoms with van der Waals surface area (Å²) in [4.78, 5) is 3.94. The summed E-state index contributed by atoms with van der Waals surface area (Å²) in [5, 5.41) is 9.26. The van der Waals surface area contributed by atoms with E-state index in [2.05, 4.69) is 25.6 Å². The molecule has 1 heterocycles. The second-order valence-electron chi connectivity index (χ2n) is 4.12. The van der Waals surface area contributed by atoms with Crippen molar-refractivity contribution in [3.8, 4) is 6.07 Å². The van der Waals surface area contributed by atoms with Crippen molar-refractivity contribution in [3.05, 3.63) is 51.2 Å². The molecule has 0 spiro atoms. The normalized spacial score (nSPS) is 11.0. The van der Waals surface area contributed by atoms with Gasteiger partial charge in [-0.2, -0.15) is 5.26 Å². The molecule has 0 amide bonds. The molecule has 0 unspecified atom stereocenters. The third kappa shape index (κ3) is 3.53. The van der Waals surface area contributed by atoms with Crippen molar-refractivity contribution in [2.24, 2.45) is 0 Å². The molecule has 0 radical (unpaired) electrons. The number of hydrogen-bond acceptors (Lipinski definition) is 4. The van der Waals surface area contributed by atoms with Crippen LogP contribution in [0.2, 0.25) is 5.02 Å². The Balaban J connectivity index is 2.48. The van der Waals surface area contributed by atoms with E-state index in [0.717, 1.165) is 0 Å². The van der Waals surface area contributed by atoms with E-state index < -0.39 is 10.0 Å². The SMILES string of the molecule is Cc1nc(Br)ccc1NS(=O)(=O)c1cc(Cl)ccc1C#N. The first-order valence-corrected chi connectivity index (χ1v) is 8.34. The van der Waals surface area contributed by atoms with Gasteiger partial charge in [0.1, 0.15) is 15.6 Å². The number of anilines is 1. The van der Waals surface area contributed by atoms with Gasteiger partial charge in [0.15, 0.2) is 0 Å². The van der Waals surface area contributed by atoms with Gasteiger partial charge in [0.05, 0.1) is 16.9 Å². The predicted molar refractivity (Wildman–Crippen MR) is 83.6 cm³/mol. The molecule has 0 fully saturated rings. The summed E-state index contributed by atoms with van der Waals surface area (Å²) >= 11 is 9.02. The van der Waals surface area contributed by atoms with Crippen LogP contribution in [0.3, 0.4) is 0 Å². The third-order valence-electron chi connectivity index (χ3n) is 2.65. The Kier molecular flexibility index (Phi) is 4.52. The van der Waals surface area contributed by atoms with Gasteiger partial charge in [0.2, 0.25) is 0 Å². The molecule has 0 atom stereocenters. The number of nitriles is 1. The number of nitrogens with zero attached hydrogens (tertiary/aromatic N) is 2. The largest absolute Gasteiger partial charge is 0.278 e. The van der Waals surface area contributed by atoms with Crippen LogP contribution in [-0.4, -0.2) is 13.4 Å². The molecule has 2 rings (SSSR count). The second kappa shape index (κ2) is 6.02. The van der Waals surface area contributed by atoms with E-state index in [9.17, 15) is 8.42 Å². The zero-order chi connectivity index (χ0) is 15.6. The summed E-state index contributed by atoms with van der Waals surface area (Å²) in [5.74, 6) is 0. The van der Waals surface area contributed by atoms with Crippen LogP contribution in [0.15, 0.2) is 39.8 Å². The van der Waals surface area contributed by atoms with Gasteiger partial charge in [-0.15, -0.1) is 0 Å². The fourth-order valence-corrected chi connectivity index (χ4v) is 3.58. The lowest BCUT2D eigenvalue weighted by molar-refractivity contribution is 0.601. The predicted octanol–water partition coefficient (Wildman–Crippen LogP) is 3.48. The van der Waals surface area contributed by atoms with Gasteiger partial charge in [0, 0.05) is 5.02 Å². The van der Waals surface area contributed by atoms with Crippen molar-refractivity contribution in [1.82, 2.24) is 4.98 Å². The van der Waals surface area contributed by atoms with Crippen LogP contribution in [0.1, 0.15) is 11.3 Å². The summed E-state index contributed by atoms with van der Waals surface area (Å²) in [6.07, 6.45) is 0. The number of nitrogens with one attached hydrogen (secondary N) is 1. The van der Waals surface area contributed by atoms with Crippen LogP contribution < -0.4 is 4.72 Å². The highest BCUT2D eigenvalue weighted by Gasteiger charge is 2.20. The molecule has 2 aromatic rings. The molecule has 108 valence electrons. The molecule has 0 bridgehead atoms. The summed E-state index contributed by atoms with van der Waals surface area (Å²) in [6, 6.07) is 9.11. The van der Waals surface area contributed by atoms with Crippen LogP contribution >= 0.6 is 27.5 Å². The maximum Gasteiger partial charge on any atom is 0.263 e. The fraction of sp³-hybridized carbons (Fsp3) is 0.0769. The number of pyridine rings is 1. The fourth-order valence-electron chi connectivity index (χ4n) is 1.65. The molecular weight excluding hydrogens is 378 g/mol. The Hall–Kier alpha value is -1.62. The average molecular weight is 387 g/mol. The molecular formula is C13H9BrClN3O2S. The quantitative estimate of drug-likeness (QED) is 0.819. The Bertz CT molecular complexity index is 847. The van der Waals surface area contributed by atoms with E-state index in [0.29, 0.717) is 16.0 Å². The highest BCUT2D eigenvalue weighted by atomic mass is 79.9. The second-order valence-corrected chi connectivity index (χ2v) is 7.02. The minimum Gasteiger partial charge on any atom is -0.278 e. The summed E-state index contributed by atoms with van der Waals surface area (Å²) in [6.45, 7) is 1.67. The summed E-state index contributed by atoms with van der Waals surface area (Å²) in [7, 11) is -3.93. The van der Waals surface area contributed by atoms with E-state index >= 15 is 0 Å². The van der Waals surface area contributed by atoms with Crippen molar-refractivity contribution in [2.45, 2.75) is 11.8 Å². The number of sulfonamides is 1. The molecule has 1 N–H and O–H groups in total. The Morgan fingerprint density at radius 1 is 1.33 bits per heavy atom. The molecule has 21 heavy (non-hydrogen) atoms. The third-order valence-corrected chi connectivity index (χ3v) is 4.73. The Morgan fingerprint density at radius 2 is 2.05 bits per heavy atom. The first-order chi connectivity index (χ1) is 9.83. The lowest BCUT2D eigenvalue weighted by Crippen LogP contribution is -2.15. The monoisotopic (exact) mass is 385 g/mol. The van der Waals surface area contributed by atoms with Crippen LogP contribution in [-0.2, 0) is 10.0 Å². The van der Waals surface area contributed by atoms with Crippen molar-refractivity contribution in [3.63, 3.8) is 0 Å². The maximum atomic E-state index is 12.4. The summed E-state index contributed by atoms with van der Waals surface area (Å²) < 4.78 is 27.8. The first kappa shape index (κ1) is 15.8. The Labute approximate surface area is 135 Å². The minimum absolute atomic E-state index is 0.0228. The lowest BCUT2D eigenvalue weighted by Gasteiger charge is -2.11. The zero-order valence-corrected chi connectivity index (χ0v) is 13.9. The number of aromatic nitrogens is 1. The minimum atomic E-state index is -3.93. The number of halogens is 2. The number of hydrogen-bond donors (Lipinski definition) is 1. The molecule has 5 nitrogen and oxygen atoms in total. The maximum absolute atomic E-state index is 12.4. The first-order valence-electron chi connectivity index (χ1n) is 5.69. The molecule has 1 aromatic heterocycles. The van der Waals surface area contributed by atoms with Gasteiger partial charge >= 0.3 is 0 Å². The van der Waals surface area contributed by atoms with Crippen molar-refractivity contribution in [1.29, 1.82) is 5.26 Å². The molecule has 1 aromatic carbocycles. The van der Waals surface area contributed by atoms with E-state index in [4.69, 9.17) is 16.9 Å². The molecule has 0 aliphatic rings. The van der Waals surface area contributed by atoms with E-state index in [1.165, 1.54) is 18.2 Å². The number of benzene rings is 1. The highest BCUT2D eigenvalue weighted by molar-refractivity contribution is 9.10. The van der Waals surface area contributed by atoms with Crippen LogP contribution in [0.4, 0.5) is 5.69 Å². The van der Waals surface area contributed by atoms with Gasteiger partial charge in [0.25, 0.3) is 10.0 Å². The molecule has 0 aliphatic heterocycles. The summed E-state index contributed by atoms with van der Waals surface area (Å²) in [5.41, 5.74) is 0.866. The zero-order valence-electron chi connectivity index (χ0n) is 10.8. The van der Waals surface area contributed by atoms with Gasteiger partial charge in [-0.1, -0.05) is 11.6 Å². The van der Waals surface area contributed by atoms with Crippen molar-refractivity contribution >= 4 is 43.2 Å². The van der Waals surface area contributed by atoms with Gasteiger partial charge in [-0.3, -0.25) is 4.72 Å². The van der Waals surface area contributed by atoms with Crippen LogP contribution in [0, 0.1) is 18.3 Å². The molecule has 0 saturated heterocycles. The van der Waals surface area contributed by atoms with Gasteiger partial charge < -0.3 is 0 Å². The number of aryl methyl sites for hydroxylation is 1. The standard InChI is InChI=1S/C13H9BrClN3O2S/c1-8-11(4-5-13(14)17-8)18-21(19,20)12-6-10(15)3-2-9(12)7-16/h2-6,18H,1H3. The Morgan fingerprint density at radius 3 is 2.67 bits per heavy atom. The molecule has 0 aliphatic carbocycles. The van der Waals surface area contributed by atoms with E-state index in [-0.39, 0.29) is 15.5 Å². The van der Waals surface area contributed by atoms with Crippen molar-refractivity contribution in [2.75, 3.05) is 4.72 Å². The van der Waals surface area contributed by atoms with E-state index in [1.807, 2.05) is 6.07 Å².